The fourth-order valence-corrected chi connectivity index (χ4v) is 6.37. The molecule has 0 unspecified atom stereocenters. The summed E-state index contributed by atoms with van der Waals surface area (Å²) in [4.78, 5) is 51.2. The van der Waals surface area contributed by atoms with Crippen LogP contribution < -0.4 is 0 Å². The molecule has 0 radical (unpaired) electrons. The average molecular weight is 376 g/mol. The first-order chi connectivity index (χ1) is 12.9. The van der Waals surface area contributed by atoms with E-state index in [0.29, 0.717) is 12.8 Å². The molecule has 1 saturated heterocycles. The molecule has 7 nitrogen and oxygen atoms in total. The van der Waals surface area contributed by atoms with Crippen LogP contribution in [0, 0.1) is 35.0 Å². The van der Waals surface area contributed by atoms with Gasteiger partial charge in [-0.3, -0.25) is 19.2 Å². The number of methoxy groups -OCH3 is 2. The number of hydrogen-bond donors (Lipinski definition) is 0. The molecule has 2 saturated carbocycles. The second-order valence-electron chi connectivity index (χ2n) is 8.14. The van der Waals surface area contributed by atoms with Crippen molar-refractivity contribution in [2.24, 2.45) is 35.0 Å². The number of hydrogen-bond acceptors (Lipinski definition) is 7. The van der Waals surface area contributed by atoms with Gasteiger partial charge in [-0.25, -0.2) is 0 Å². The molecule has 0 aromatic rings. The van der Waals surface area contributed by atoms with Gasteiger partial charge in [-0.15, -0.1) is 0 Å². The molecule has 1 heterocycles. The Balaban J connectivity index is 2.00. The van der Waals surface area contributed by atoms with Crippen LogP contribution >= 0.6 is 0 Å². The molecule has 0 spiro atoms. The SMILES string of the molecule is COC(=O)C1(C(=O)OC)[C@@H]2CCCC[C@@H]2C2=C(C)C[C@H]3C(=O)OC(=O)[C@H]3[C@H]21. The van der Waals surface area contributed by atoms with Gasteiger partial charge in [0.05, 0.1) is 26.1 Å². The van der Waals surface area contributed by atoms with Crippen molar-refractivity contribution in [2.45, 2.75) is 39.0 Å². The summed E-state index contributed by atoms with van der Waals surface area (Å²) < 4.78 is 15.1. The van der Waals surface area contributed by atoms with Gasteiger partial charge in [-0.1, -0.05) is 24.0 Å². The molecule has 7 heteroatoms. The van der Waals surface area contributed by atoms with Gasteiger partial charge in [0.1, 0.15) is 0 Å². The van der Waals surface area contributed by atoms with Crippen LogP contribution in [0.2, 0.25) is 0 Å². The van der Waals surface area contributed by atoms with Gasteiger partial charge < -0.3 is 14.2 Å². The molecule has 1 aliphatic heterocycles. The summed E-state index contributed by atoms with van der Waals surface area (Å²) in [7, 11) is 2.50. The first-order valence-corrected chi connectivity index (χ1v) is 9.51. The molecule has 27 heavy (non-hydrogen) atoms. The van der Waals surface area contributed by atoms with Crippen molar-refractivity contribution in [3.63, 3.8) is 0 Å². The Morgan fingerprint density at radius 3 is 2.26 bits per heavy atom. The molecule has 4 aliphatic rings. The summed E-state index contributed by atoms with van der Waals surface area (Å²) in [6.07, 6.45) is 3.86. The molecular weight excluding hydrogens is 352 g/mol. The molecule has 5 atom stereocenters. The summed E-state index contributed by atoms with van der Waals surface area (Å²) in [5.74, 6) is -5.05. The second-order valence-corrected chi connectivity index (χ2v) is 8.14. The van der Waals surface area contributed by atoms with Crippen LogP contribution in [0.25, 0.3) is 0 Å². The molecule has 0 amide bonds. The van der Waals surface area contributed by atoms with Crippen LogP contribution in [0.4, 0.5) is 0 Å². The Bertz CT molecular complexity index is 748. The largest absolute Gasteiger partial charge is 0.468 e. The van der Waals surface area contributed by atoms with E-state index >= 15 is 0 Å². The Morgan fingerprint density at radius 1 is 1.00 bits per heavy atom. The lowest BCUT2D eigenvalue weighted by atomic mass is 9.60. The molecule has 4 rings (SSSR count). The zero-order chi connectivity index (χ0) is 19.5. The topological polar surface area (TPSA) is 96.0 Å². The maximum absolute atomic E-state index is 13.1. The number of esters is 4. The van der Waals surface area contributed by atoms with Crippen molar-refractivity contribution in [3.8, 4) is 0 Å². The van der Waals surface area contributed by atoms with Gasteiger partial charge in [0.15, 0.2) is 5.41 Å². The number of carbonyl (C=O) groups is 4. The minimum Gasteiger partial charge on any atom is -0.468 e. The quantitative estimate of drug-likeness (QED) is 0.314. The number of rotatable bonds is 2. The van der Waals surface area contributed by atoms with E-state index in [1.165, 1.54) is 14.2 Å². The maximum Gasteiger partial charge on any atom is 0.324 e. The summed E-state index contributed by atoms with van der Waals surface area (Å²) >= 11 is 0. The highest BCUT2D eigenvalue weighted by atomic mass is 16.6. The van der Waals surface area contributed by atoms with E-state index in [2.05, 4.69) is 0 Å². The van der Waals surface area contributed by atoms with Crippen molar-refractivity contribution < 1.29 is 33.4 Å². The molecule has 3 fully saturated rings. The van der Waals surface area contributed by atoms with Gasteiger partial charge in [0, 0.05) is 5.92 Å². The molecule has 146 valence electrons. The number of fused-ring (bicyclic) bond motifs is 5. The molecule has 0 aromatic heterocycles. The standard InChI is InChI=1S/C20H24O7/c1-9-8-11-14(17(22)27-16(11)21)15-13(9)10-6-4-5-7-12(10)20(15,18(23)25-2)19(24)26-3/h10-12,14-15H,4-8H2,1-3H3/t10-,11+,12+,14+,15-/m0/s1. The first-order valence-electron chi connectivity index (χ1n) is 9.51. The van der Waals surface area contributed by atoms with Crippen molar-refractivity contribution in [3.05, 3.63) is 11.1 Å². The molecular formula is C20H24O7. The Morgan fingerprint density at radius 2 is 1.63 bits per heavy atom. The van der Waals surface area contributed by atoms with Crippen LogP contribution in [0.1, 0.15) is 39.0 Å². The predicted molar refractivity (Wildman–Crippen MR) is 90.8 cm³/mol. The average Bonchev–Trinajstić information content (AvgIpc) is 3.13. The lowest BCUT2D eigenvalue weighted by Crippen LogP contribution is -2.53. The number of cyclic esters (lactones) is 2. The molecule has 3 aliphatic carbocycles. The minimum absolute atomic E-state index is 0.0198. The zero-order valence-electron chi connectivity index (χ0n) is 15.8. The summed E-state index contributed by atoms with van der Waals surface area (Å²) in [5.41, 5.74) is 0.362. The van der Waals surface area contributed by atoms with E-state index in [1.54, 1.807) is 0 Å². The summed E-state index contributed by atoms with van der Waals surface area (Å²) in [6.45, 7) is 1.94. The Kier molecular flexibility index (Phi) is 4.16. The van der Waals surface area contributed by atoms with Crippen molar-refractivity contribution in [2.75, 3.05) is 14.2 Å². The van der Waals surface area contributed by atoms with E-state index in [0.717, 1.165) is 30.4 Å². The third-order valence-electron chi connectivity index (χ3n) is 7.21. The minimum atomic E-state index is -1.60. The fourth-order valence-electron chi connectivity index (χ4n) is 6.37. The first kappa shape index (κ1) is 18.2. The summed E-state index contributed by atoms with van der Waals surface area (Å²) in [6, 6.07) is 0. The van der Waals surface area contributed by atoms with Gasteiger partial charge >= 0.3 is 23.9 Å². The number of carbonyl (C=O) groups excluding carboxylic acids is 4. The highest BCUT2D eigenvalue weighted by Gasteiger charge is 2.73. The number of allylic oxidation sites excluding steroid dienone is 2. The molecule has 0 N–H and O–H groups in total. The van der Waals surface area contributed by atoms with E-state index < -0.39 is 47.0 Å². The lowest BCUT2D eigenvalue weighted by molar-refractivity contribution is -0.179. The van der Waals surface area contributed by atoms with Crippen LogP contribution in [-0.4, -0.2) is 38.1 Å². The fraction of sp³-hybridized carbons (Fsp3) is 0.700. The summed E-state index contributed by atoms with van der Waals surface area (Å²) in [5, 5.41) is 0. The van der Waals surface area contributed by atoms with Crippen LogP contribution in [0.5, 0.6) is 0 Å². The number of ether oxygens (including phenoxy) is 3. The zero-order valence-corrected chi connectivity index (χ0v) is 15.8. The van der Waals surface area contributed by atoms with Gasteiger partial charge in [0.2, 0.25) is 0 Å². The van der Waals surface area contributed by atoms with E-state index in [-0.39, 0.29) is 11.8 Å². The van der Waals surface area contributed by atoms with Gasteiger partial charge in [-0.05, 0) is 38.0 Å². The molecule has 0 bridgehead atoms. The van der Waals surface area contributed by atoms with Crippen molar-refractivity contribution in [1.29, 1.82) is 0 Å². The normalized spacial score (nSPS) is 36.5. The van der Waals surface area contributed by atoms with Crippen LogP contribution in [0.3, 0.4) is 0 Å². The highest BCUT2D eigenvalue weighted by molar-refractivity contribution is 6.05. The Labute approximate surface area is 157 Å². The van der Waals surface area contributed by atoms with Crippen molar-refractivity contribution >= 4 is 23.9 Å². The van der Waals surface area contributed by atoms with E-state index in [9.17, 15) is 19.2 Å². The molecule has 0 aromatic carbocycles. The highest BCUT2D eigenvalue weighted by Crippen LogP contribution is 2.66. The monoisotopic (exact) mass is 376 g/mol. The Hall–Kier alpha value is -2.18. The third kappa shape index (κ3) is 2.14. The second kappa shape index (κ2) is 6.17. The lowest BCUT2D eigenvalue weighted by Gasteiger charge is -2.39. The van der Waals surface area contributed by atoms with Gasteiger partial charge in [-0.2, -0.15) is 0 Å². The van der Waals surface area contributed by atoms with E-state index in [4.69, 9.17) is 14.2 Å². The maximum atomic E-state index is 13.1. The van der Waals surface area contributed by atoms with Crippen molar-refractivity contribution in [1.82, 2.24) is 0 Å². The van der Waals surface area contributed by atoms with Crippen LogP contribution in [-0.2, 0) is 33.4 Å². The van der Waals surface area contributed by atoms with Gasteiger partial charge in [0.25, 0.3) is 0 Å². The predicted octanol–water partition coefficient (Wildman–Crippen LogP) is 1.79. The van der Waals surface area contributed by atoms with Crippen LogP contribution in [0.15, 0.2) is 11.1 Å². The third-order valence-corrected chi connectivity index (χ3v) is 7.21. The smallest absolute Gasteiger partial charge is 0.324 e. The van der Waals surface area contributed by atoms with E-state index in [1.807, 2.05) is 6.92 Å².